The van der Waals surface area contributed by atoms with E-state index in [1.807, 2.05) is 24.3 Å². The minimum absolute atomic E-state index is 0.0530. The summed E-state index contributed by atoms with van der Waals surface area (Å²) >= 11 is 0. The lowest BCUT2D eigenvalue weighted by atomic mass is 9.85. The summed E-state index contributed by atoms with van der Waals surface area (Å²) in [6, 6.07) is 13.9. The molecule has 2 aromatic rings. The van der Waals surface area contributed by atoms with Crippen molar-refractivity contribution in [3.05, 3.63) is 64.2 Å². The number of piperidine rings is 1. The van der Waals surface area contributed by atoms with Gasteiger partial charge in [0.25, 0.3) is 5.91 Å². The number of methoxy groups -OCH3 is 1. The summed E-state index contributed by atoms with van der Waals surface area (Å²) in [6.45, 7) is 3.51. The van der Waals surface area contributed by atoms with Crippen molar-refractivity contribution in [3.8, 4) is 11.8 Å². The number of fused-ring (bicyclic) bond motifs is 1. The van der Waals surface area contributed by atoms with Crippen LogP contribution in [0.1, 0.15) is 51.4 Å². The molecule has 2 aromatic carbocycles. The number of nitrogens with one attached hydrogen (secondary N) is 1. The first kappa shape index (κ1) is 17.6. The van der Waals surface area contributed by atoms with Crippen molar-refractivity contribution in [2.24, 2.45) is 0 Å². The first-order chi connectivity index (χ1) is 13.2. The Hall–Kier alpha value is -2.84. The average molecular weight is 361 g/mol. The number of ether oxygens (including phenoxy) is 1. The van der Waals surface area contributed by atoms with E-state index in [0.29, 0.717) is 18.0 Å². The highest BCUT2D eigenvalue weighted by Gasteiger charge is 2.27. The van der Waals surface area contributed by atoms with Gasteiger partial charge in [-0.1, -0.05) is 18.2 Å². The zero-order chi connectivity index (χ0) is 18.8. The third kappa shape index (κ3) is 3.41. The third-order valence-electron chi connectivity index (χ3n) is 5.72. The zero-order valence-corrected chi connectivity index (χ0v) is 15.5. The average Bonchev–Trinajstić information content (AvgIpc) is 3.10. The van der Waals surface area contributed by atoms with E-state index in [1.165, 1.54) is 11.1 Å². The lowest BCUT2D eigenvalue weighted by Gasteiger charge is -2.33. The maximum Gasteiger partial charge on any atom is 0.251 e. The summed E-state index contributed by atoms with van der Waals surface area (Å²) in [4.78, 5) is 14.3. The summed E-state index contributed by atoms with van der Waals surface area (Å²) in [5.74, 6) is 1.34. The fourth-order valence-electron chi connectivity index (χ4n) is 4.25. The van der Waals surface area contributed by atoms with Gasteiger partial charge in [-0.05, 0) is 61.2 Å². The Morgan fingerprint density at radius 2 is 2.07 bits per heavy atom. The predicted octanol–water partition coefficient (Wildman–Crippen LogP) is 3.19. The van der Waals surface area contributed by atoms with Gasteiger partial charge in [-0.3, -0.25) is 9.69 Å². The SMILES string of the molecule is COc1cc(C#N)ccc1CN1CCC(c2cccc3c2CNC3=O)CC1. The maximum atomic E-state index is 11.9. The molecule has 0 saturated carbocycles. The monoisotopic (exact) mass is 361 g/mol. The van der Waals surface area contributed by atoms with Crippen molar-refractivity contribution < 1.29 is 9.53 Å². The van der Waals surface area contributed by atoms with Crippen LogP contribution in [0.4, 0.5) is 0 Å². The second-order valence-corrected chi connectivity index (χ2v) is 7.24. The van der Waals surface area contributed by atoms with Crippen LogP contribution in [-0.4, -0.2) is 31.0 Å². The molecular formula is C22H23N3O2. The molecule has 1 saturated heterocycles. The fraction of sp³-hybridized carbons (Fsp3) is 0.364. The molecule has 2 aliphatic heterocycles. The number of carbonyl (C=O) groups excluding carboxylic acids is 1. The van der Waals surface area contributed by atoms with Crippen LogP contribution in [0, 0.1) is 11.3 Å². The third-order valence-corrected chi connectivity index (χ3v) is 5.72. The van der Waals surface area contributed by atoms with Gasteiger partial charge in [-0.25, -0.2) is 0 Å². The molecule has 1 N–H and O–H groups in total. The van der Waals surface area contributed by atoms with Crippen molar-refractivity contribution in [1.82, 2.24) is 10.2 Å². The van der Waals surface area contributed by atoms with Gasteiger partial charge in [0.15, 0.2) is 0 Å². The molecule has 0 unspecified atom stereocenters. The highest BCUT2D eigenvalue weighted by molar-refractivity contribution is 5.98. The lowest BCUT2D eigenvalue weighted by molar-refractivity contribution is 0.0966. The molecule has 0 aliphatic carbocycles. The zero-order valence-electron chi connectivity index (χ0n) is 15.5. The van der Waals surface area contributed by atoms with Gasteiger partial charge in [-0.15, -0.1) is 0 Å². The van der Waals surface area contributed by atoms with Gasteiger partial charge < -0.3 is 10.1 Å². The van der Waals surface area contributed by atoms with Crippen LogP contribution >= 0.6 is 0 Å². The summed E-state index contributed by atoms with van der Waals surface area (Å²) in [5, 5.41) is 12.0. The number of hydrogen-bond acceptors (Lipinski definition) is 4. The van der Waals surface area contributed by atoms with Crippen molar-refractivity contribution >= 4 is 5.91 Å². The normalized spacial score (nSPS) is 17.3. The molecular weight excluding hydrogens is 338 g/mol. The van der Waals surface area contributed by atoms with Crippen LogP contribution in [-0.2, 0) is 13.1 Å². The molecule has 0 aromatic heterocycles. The van der Waals surface area contributed by atoms with E-state index in [1.54, 1.807) is 13.2 Å². The van der Waals surface area contributed by atoms with E-state index in [2.05, 4.69) is 22.4 Å². The van der Waals surface area contributed by atoms with E-state index < -0.39 is 0 Å². The molecule has 5 heteroatoms. The van der Waals surface area contributed by atoms with Crippen LogP contribution in [0.15, 0.2) is 36.4 Å². The molecule has 5 nitrogen and oxygen atoms in total. The van der Waals surface area contributed by atoms with E-state index in [9.17, 15) is 4.79 Å². The summed E-state index contributed by atoms with van der Waals surface area (Å²) in [6.07, 6.45) is 2.17. The van der Waals surface area contributed by atoms with Crippen molar-refractivity contribution in [1.29, 1.82) is 5.26 Å². The van der Waals surface area contributed by atoms with Gasteiger partial charge in [0.2, 0.25) is 0 Å². The number of hydrogen-bond donors (Lipinski definition) is 1. The Balaban J connectivity index is 1.43. The molecule has 2 heterocycles. The second kappa shape index (κ2) is 7.42. The van der Waals surface area contributed by atoms with Crippen LogP contribution in [0.5, 0.6) is 5.75 Å². The van der Waals surface area contributed by atoms with Crippen LogP contribution in [0.25, 0.3) is 0 Å². The number of likely N-dealkylation sites (tertiary alicyclic amines) is 1. The predicted molar refractivity (Wildman–Crippen MR) is 103 cm³/mol. The van der Waals surface area contributed by atoms with E-state index in [0.717, 1.165) is 49.4 Å². The van der Waals surface area contributed by atoms with E-state index in [4.69, 9.17) is 10.00 Å². The molecule has 27 heavy (non-hydrogen) atoms. The summed E-state index contributed by atoms with van der Waals surface area (Å²) in [5.41, 5.74) is 5.11. The molecule has 0 radical (unpaired) electrons. The highest BCUT2D eigenvalue weighted by atomic mass is 16.5. The van der Waals surface area contributed by atoms with Gasteiger partial charge in [0.05, 0.1) is 18.7 Å². The first-order valence-electron chi connectivity index (χ1n) is 9.39. The van der Waals surface area contributed by atoms with Crippen LogP contribution in [0.3, 0.4) is 0 Å². The summed E-state index contributed by atoms with van der Waals surface area (Å²) in [7, 11) is 1.65. The van der Waals surface area contributed by atoms with Crippen molar-refractivity contribution in [2.75, 3.05) is 20.2 Å². The van der Waals surface area contributed by atoms with Gasteiger partial charge >= 0.3 is 0 Å². The molecule has 0 spiro atoms. The van der Waals surface area contributed by atoms with E-state index in [-0.39, 0.29) is 5.91 Å². The fourth-order valence-corrected chi connectivity index (χ4v) is 4.25. The molecule has 0 bridgehead atoms. The number of amides is 1. The van der Waals surface area contributed by atoms with Gasteiger partial charge in [-0.2, -0.15) is 5.26 Å². The quantitative estimate of drug-likeness (QED) is 0.908. The smallest absolute Gasteiger partial charge is 0.251 e. The Bertz CT molecular complexity index is 908. The molecule has 0 atom stereocenters. The number of benzene rings is 2. The number of nitrogens with zero attached hydrogens (tertiary/aromatic N) is 2. The first-order valence-corrected chi connectivity index (χ1v) is 9.39. The van der Waals surface area contributed by atoms with Gasteiger partial charge in [0, 0.05) is 24.2 Å². The number of rotatable bonds is 4. The van der Waals surface area contributed by atoms with Crippen molar-refractivity contribution in [3.63, 3.8) is 0 Å². The highest BCUT2D eigenvalue weighted by Crippen LogP contribution is 2.34. The Morgan fingerprint density at radius 3 is 2.81 bits per heavy atom. The van der Waals surface area contributed by atoms with Crippen LogP contribution in [0.2, 0.25) is 0 Å². The summed E-state index contributed by atoms with van der Waals surface area (Å²) < 4.78 is 5.46. The molecule has 4 rings (SSSR count). The molecule has 138 valence electrons. The molecule has 1 amide bonds. The molecule has 1 fully saturated rings. The Morgan fingerprint density at radius 1 is 1.26 bits per heavy atom. The Labute approximate surface area is 159 Å². The minimum atomic E-state index is 0.0530. The van der Waals surface area contributed by atoms with E-state index >= 15 is 0 Å². The second-order valence-electron chi connectivity index (χ2n) is 7.24. The maximum absolute atomic E-state index is 11.9. The minimum Gasteiger partial charge on any atom is -0.496 e. The van der Waals surface area contributed by atoms with Gasteiger partial charge in [0.1, 0.15) is 5.75 Å². The lowest BCUT2D eigenvalue weighted by Crippen LogP contribution is -2.32. The standard InChI is InChI=1S/C22H23N3O2/c1-27-21-11-15(12-23)5-6-17(21)14-25-9-7-16(8-10-25)18-3-2-4-19-20(18)13-24-22(19)26/h2-6,11,16H,7-10,13-14H2,1H3,(H,24,26). The Kier molecular flexibility index (Phi) is 4.83. The van der Waals surface area contributed by atoms with Crippen LogP contribution < -0.4 is 10.1 Å². The topological polar surface area (TPSA) is 65.4 Å². The molecule has 2 aliphatic rings. The van der Waals surface area contributed by atoms with Crippen molar-refractivity contribution in [2.45, 2.75) is 31.8 Å². The number of carbonyl (C=O) groups is 1. The largest absolute Gasteiger partial charge is 0.496 e. The number of nitriles is 1.